The molecule has 0 spiro atoms. The molecule has 2 atom stereocenters. The molecular formula is C27H28N2O3. The van der Waals surface area contributed by atoms with Crippen LogP contribution in [0.25, 0.3) is 10.9 Å². The highest BCUT2D eigenvalue weighted by Crippen LogP contribution is 2.30. The van der Waals surface area contributed by atoms with E-state index in [0.717, 1.165) is 22.9 Å². The Kier molecular flexibility index (Phi) is 7.00. The number of aliphatic hydroxyl groups is 1. The fraction of sp³-hybridized carbons (Fsp3) is 0.222. The standard InChI is InChI=1S/C27H28N2O3/c1-19(16-20-8-4-2-5-9-20)28-17-24(30)22-12-14-25(27-23(22)13-15-26(31)29-27)32-18-21-10-6-3-7-11-21/h2-15,19,24,28,30H,16-18H2,1H3,(H,29,31). The number of pyridine rings is 1. The van der Waals surface area contributed by atoms with Crippen molar-refractivity contribution in [1.82, 2.24) is 10.3 Å². The van der Waals surface area contributed by atoms with Crippen molar-refractivity contribution in [3.63, 3.8) is 0 Å². The normalized spacial score (nSPS) is 13.1. The van der Waals surface area contributed by atoms with Crippen molar-refractivity contribution >= 4 is 10.9 Å². The Bertz CT molecular complexity index is 1210. The smallest absolute Gasteiger partial charge is 0.248 e. The number of hydrogen-bond donors (Lipinski definition) is 3. The quantitative estimate of drug-likeness (QED) is 0.370. The van der Waals surface area contributed by atoms with Gasteiger partial charge >= 0.3 is 0 Å². The number of benzene rings is 3. The molecule has 1 heterocycles. The predicted molar refractivity (Wildman–Crippen MR) is 128 cm³/mol. The van der Waals surface area contributed by atoms with Crippen LogP contribution in [0.1, 0.15) is 29.7 Å². The second kappa shape index (κ2) is 10.3. The first-order chi connectivity index (χ1) is 15.6. The summed E-state index contributed by atoms with van der Waals surface area (Å²) in [4.78, 5) is 14.9. The number of aromatic amines is 1. The van der Waals surface area contributed by atoms with Gasteiger partial charge in [0.1, 0.15) is 12.4 Å². The summed E-state index contributed by atoms with van der Waals surface area (Å²) in [6, 6.07) is 27.3. The number of aromatic nitrogens is 1. The molecule has 164 valence electrons. The van der Waals surface area contributed by atoms with E-state index in [1.807, 2.05) is 60.7 Å². The van der Waals surface area contributed by atoms with E-state index in [9.17, 15) is 9.90 Å². The largest absolute Gasteiger partial charge is 0.487 e. The lowest BCUT2D eigenvalue weighted by molar-refractivity contribution is 0.172. The minimum atomic E-state index is -0.718. The van der Waals surface area contributed by atoms with Crippen LogP contribution in [0.3, 0.4) is 0 Å². The van der Waals surface area contributed by atoms with Gasteiger partial charge in [-0.1, -0.05) is 66.7 Å². The average Bonchev–Trinajstić information content (AvgIpc) is 2.82. The molecule has 0 saturated carbocycles. The van der Waals surface area contributed by atoms with Crippen LogP contribution in [0, 0.1) is 0 Å². The molecule has 5 nitrogen and oxygen atoms in total. The van der Waals surface area contributed by atoms with Crippen LogP contribution in [-0.4, -0.2) is 22.7 Å². The van der Waals surface area contributed by atoms with Crippen molar-refractivity contribution in [3.8, 4) is 5.75 Å². The monoisotopic (exact) mass is 428 g/mol. The molecule has 3 aromatic carbocycles. The van der Waals surface area contributed by atoms with Crippen molar-refractivity contribution in [2.75, 3.05) is 6.54 Å². The molecule has 2 unspecified atom stereocenters. The van der Waals surface area contributed by atoms with Crippen molar-refractivity contribution in [2.45, 2.75) is 32.1 Å². The molecule has 4 aromatic rings. The van der Waals surface area contributed by atoms with Crippen molar-refractivity contribution in [3.05, 3.63) is 112 Å². The summed E-state index contributed by atoms with van der Waals surface area (Å²) < 4.78 is 5.99. The third-order valence-corrected chi connectivity index (χ3v) is 5.53. The Balaban J connectivity index is 1.49. The molecule has 0 radical (unpaired) electrons. The molecule has 0 aliphatic heterocycles. The third kappa shape index (κ3) is 5.44. The van der Waals surface area contributed by atoms with Crippen LogP contribution >= 0.6 is 0 Å². The summed E-state index contributed by atoms with van der Waals surface area (Å²) in [6.45, 7) is 2.91. The van der Waals surface area contributed by atoms with E-state index >= 15 is 0 Å². The van der Waals surface area contributed by atoms with Gasteiger partial charge in [0.2, 0.25) is 5.56 Å². The highest BCUT2D eigenvalue weighted by atomic mass is 16.5. The number of fused-ring (bicyclic) bond motifs is 1. The molecular weight excluding hydrogens is 400 g/mol. The minimum Gasteiger partial charge on any atom is -0.487 e. The van der Waals surface area contributed by atoms with E-state index in [4.69, 9.17) is 4.74 Å². The second-order valence-electron chi connectivity index (χ2n) is 8.05. The van der Waals surface area contributed by atoms with Gasteiger partial charge in [-0.05, 0) is 42.2 Å². The number of ether oxygens (including phenoxy) is 1. The Morgan fingerprint density at radius 3 is 2.31 bits per heavy atom. The number of hydrogen-bond acceptors (Lipinski definition) is 4. The maximum atomic E-state index is 12.0. The van der Waals surface area contributed by atoms with Gasteiger partial charge in [0.25, 0.3) is 0 Å². The molecule has 4 rings (SSSR count). The topological polar surface area (TPSA) is 74.3 Å². The third-order valence-electron chi connectivity index (χ3n) is 5.53. The summed E-state index contributed by atoms with van der Waals surface area (Å²) in [7, 11) is 0. The molecule has 3 N–H and O–H groups in total. The Morgan fingerprint density at radius 1 is 0.906 bits per heavy atom. The maximum absolute atomic E-state index is 12.0. The van der Waals surface area contributed by atoms with Crippen LogP contribution in [0.4, 0.5) is 0 Å². The Hall–Kier alpha value is -3.41. The Labute approximate surface area is 187 Å². The molecule has 0 bridgehead atoms. The predicted octanol–water partition coefficient (Wildman–Crippen LogP) is 4.36. The summed E-state index contributed by atoms with van der Waals surface area (Å²) in [5, 5.41) is 15.1. The van der Waals surface area contributed by atoms with Gasteiger partial charge in [0, 0.05) is 24.0 Å². The lowest BCUT2D eigenvalue weighted by Gasteiger charge is -2.19. The van der Waals surface area contributed by atoms with E-state index in [1.165, 1.54) is 11.6 Å². The molecule has 0 fully saturated rings. The highest BCUT2D eigenvalue weighted by Gasteiger charge is 2.16. The van der Waals surface area contributed by atoms with E-state index in [-0.39, 0.29) is 11.6 Å². The van der Waals surface area contributed by atoms with Gasteiger partial charge in [0.05, 0.1) is 11.6 Å². The zero-order valence-electron chi connectivity index (χ0n) is 18.1. The molecule has 0 saturated heterocycles. The van der Waals surface area contributed by atoms with Gasteiger partial charge in [0.15, 0.2) is 0 Å². The van der Waals surface area contributed by atoms with Gasteiger partial charge in [-0.2, -0.15) is 0 Å². The lowest BCUT2D eigenvalue weighted by Crippen LogP contribution is -2.32. The van der Waals surface area contributed by atoms with E-state index in [2.05, 4.69) is 29.4 Å². The fourth-order valence-corrected chi connectivity index (χ4v) is 3.86. The fourth-order valence-electron chi connectivity index (χ4n) is 3.86. The first-order valence-corrected chi connectivity index (χ1v) is 10.9. The number of aliphatic hydroxyl groups excluding tert-OH is 1. The molecule has 0 amide bonds. The van der Waals surface area contributed by atoms with Crippen molar-refractivity contribution in [1.29, 1.82) is 0 Å². The molecule has 0 aliphatic rings. The van der Waals surface area contributed by atoms with Crippen molar-refractivity contribution < 1.29 is 9.84 Å². The molecule has 1 aromatic heterocycles. The maximum Gasteiger partial charge on any atom is 0.248 e. The first-order valence-electron chi connectivity index (χ1n) is 10.9. The Morgan fingerprint density at radius 2 is 1.59 bits per heavy atom. The van der Waals surface area contributed by atoms with Crippen LogP contribution in [0.2, 0.25) is 0 Å². The van der Waals surface area contributed by atoms with Crippen LogP contribution in [-0.2, 0) is 13.0 Å². The number of nitrogens with one attached hydrogen (secondary N) is 2. The first kappa shape index (κ1) is 21.8. The average molecular weight is 429 g/mol. The lowest BCUT2D eigenvalue weighted by atomic mass is 10.0. The van der Waals surface area contributed by atoms with E-state index < -0.39 is 6.10 Å². The van der Waals surface area contributed by atoms with Gasteiger partial charge < -0.3 is 20.1 Å². The van der Waals surface area contributed by atoms with E-state index in [1.54, 1.807) is 6.07 Å². The van der Waals surface area contributed by atoms with Crippen LogP contribution in [0.15, 0.2) is 89.7 Å². The number of H-pyrrole nitrogens is 1. The summed E-state index contributed by atoms with van der Waals surface area (Å²) in [5.74, 6) is 0.586. The van der Waals surface area contributed by atoms with Gasteiger partial charge in [-0.3, -0.25) is 4.79 Å². The minimum absolute atomic E-state index is 0.205. The molecule has 5 heteroatoms. The summed E-state index contributed by atoms with van der Waals surface area (Å²) in [5.41, 5.74) is 3.44. The SMILES string of the molecule is CC(Cc1ccccc1)NCC(O)c1ccc(OCc2ccccc2)c2[nH]c(=O)ccc12. The highest BCUT2D eigenvalue weighted by molar-refractivity contribution is 5.87. The van der Waals surface area contributed by atoms with Crippen LogP contribution in [0.5, 0.6) is 5.75 Å². The van der Waals surface area contributed by atoms with Gasteiger partial charge in [-0.25, -0.2) is 0 Å². The summed E-state index contributed by atoms with van der Waals surface area (Å²) in [6.07, 6.45) is 0.165. The molecule has 0 aliphatic carbocycles. The van der Waals surface area contributed by atoms with Crippen molar-refractivity contribution in [2.24, 2.45) is 0 Å². The van der Waals surface area contributed by atoms with Gasteiger partial charge in [-0.15, -0.1) is 0 Å². The van der Waals surface area contributed by atoms with E-state index in [0.29, 0.717) is 24.4 Å². The molecule has 32 heavy (non-hydrogen) atoms. The zero-order valence-corrected chi connectivity index (χ0v) is 18.1. The summed E-state index contributed by atoms with van der Waals surface area (Å²) >= 11 is 0. The van der Waals surface area contributed by atoms with Crippen LogP contribution < -0.4 is 15.6 Å². The second-order valence-corrected chi connectivity index (χ2v) is 8.05. The zero-order chi connectivity index (χ0) is 22.3. The number of rotatable bonds is 9.